The van der Waals surface area contributed by atoms with Gasteiger partial charge in [-0.3, -0.25) is 15.0 Å². The molecule has 0 radical (unpaired) electrons. The van der Waals surface area contributed by atoms with Crippen molar-refractivity contribution in [3.63, 3.8) is 0 Å². The molecule has 1 aliphatic rings. The molecular formula is C16H27N3O2. The van der Waals surface area contributed by atoms with E-state index in [0.717, 1.165) is 31.4 Å². The molecule has 1 amide bonds. The molecule has 0 atom stereocenters. The predicted molar refractivity (Wildman–Crippen MR) is 88.5 cm³/mol. The lowest BCUT2D eigenvalue weighted by atomic mass is 9.95. The zero-order valence-electron chi connectivity index (χ0n) is 12.4. The van der Waals surface area contributed by atoms with Gasteiger partial charge in [0.25, 0.3) is 5.91 Å². The molecule has 4 N–H and O–H groups in total. The number of nitrogens with two attached hydrogens (primary N) is 1. The predicted octanol–water partition coefficient (Wildman–Crippen LogP) is 2.80. The highest BCUT2D eigenvalue weighted by atomic mass is 16.2. The fraction of sp³-hybridized carbons (Fsp3) is 0.438. The summed E-state index contributed by atoms with van der Waals surface area (Å²) in [5, 5.41) is 9.92. The summed E-state index contributed by atoms with van der Waals surface area (Å²) in [5.41, 5.74) is 5.74. The Kier molecular flexibility index (Phi) is 7.15. The number of carbonyl (C=O) groups excluding carboxylic acids is 2. The van der Waals surface area contributed by atoms with Gasteiger partial charge in [0.15, 0.2) is 11.5 Å². The van der Waals surface area contributed by atoms with Crippen LogP contribution in [0.15, 0.2) is 30.3 Å². The van der Waals surface area contributed by atoms with Gasteiger partial charge in [-0.2, -0.15) is 0 Å². The van der Waals surface area contributed by atoms with Crippen LogP contribution in [0.5, 0.6) is 0 Å². The van der Waals surface area contributed by atoms with Crippen LogP contribution >= 0.6 is 0 Å². The zero-order valence-corrected chi connectivity index (χ0v) is 12.4. The number of benzene rings is 1. The Morgan fingerprint density at radius 3 is 2.19 bits per heavy atom. The molecule has 2 rings (SSSR count). The third kappa shape index (κ3) is 6.70. The standard InChI is InChI=1S/C10H16N2O2.C6H7N.2H2/c1-7(13)9(11)10(14)12-8-5-3-2-4-6-8;7-6-4-2-1-3-5-6;;/h8,11H,2-6H2,1H3,(H,12,14);1-5H,7H2;2*1H. The summed E-state index contributed by atoms with van der Waals surface area (Å²) in [6, 6.07) is 9.65. The van der Waals surface area contributed by atoms with Crippen molar-refractivity contribution in [2.24, 2.45) is 0 Å². The van der Waals surface area contributed by atoms with Gasteiger partial charge in [0.05, 0.1) is 0 Å². The number of Topliss-reactive ketones (excluding diaryl/α,β-unsaturated/α-hetero) is 1. The van der Waals surface area contributed by atoms with Crippen LogP contribution in [-0.2, 0) is 9.59 Å². The van der Waals surface area contributed by atoms with Crippen molar-refractivity contribution in [3.8, 4) is 0 Å². The van der Waals surface area contributed by atoms with E-state index in [1.807, 2.05) is 30.3 Å². The molecule has 5 heteroatoms. The van der Waals surface area contributed by atoms with Crippen molar-refractivity contribution in [2.45, 2.75) is 45.1 Å². The molecule has 1 aliphatic carbocycles. The summed E-state index contributed by atoms with van der Waals surface area (Å²) in [5.74, 6) is -0.997. The highest BCUT2D eigenvalue weighted by Crippen LogP contribution is 2.17. The summed E-state index contributed by atoms with van der Waals surface area (Å²) in [4.78, 5) is 22.0. The number of hydrogen-bond donors (Lipinski definition) is 3. The highest BCUT2D eigenvalue weighted by molar-refractivity contribution is 6.64. The lowest BCUT2D eigenvalue weighted by Gasteiger charge is -2.22. The number of rotatable bonds is 3. The minimum Gasteiger partial charge on any atom is -0.399 e. The molecule has 1 saturated carbocycles. The van der Waals surface area contributed by atoms with Crippen molar-refractivity contribution < 1.29 is 12.4 Å². The van der Waals surface area contributed by atoms with Crippen molar-refractivity contribution >= 4 is 23.1 Å². The lowest BCUT2D eigenvalue weighted by molar-refractivity contribution is -0.118. The van der Waals surface area contributed by atoms with Gasteiger partial charge in [-0.05, 0) is 25.0 Å². The molecule has 0 saturated heterocycles. The SMILES string of the molecule is CC(=O)C(=N)C(=O)NC1CCCCC1.Nc1ccccc1.[HH].[HH]. The normalized spacial score (nSPS) is 14.5. The molecule has 5 nitrogen and oxygen atoms in total. The fourth-order valence-electron chi connectivity index (χ4n) is 2.12. The number of nitrogens with one attached hydrogen (secondary N) is 2. The maximum Gasteiger partial charge on any atom is 0.273 e. The fourth-order valence-corrected chi connectivity index (χ4v) is 2.12. The molecule has 21 heavy (non-hydrogen) atoms. The van der Waals surface area contributed by atoms with Gasteiger partial charge in [0, 0.05) is 21.5 Å². The Labute approximate surface area is 128 Å². The van der Waals surface area contributed by atoms with E-state index in [-0.39, 0.29) is 8.90 Å². The van der Waals surface area contributed by atoms with Crippen LogP contribution < -0.4 is 11.1 Å². The van der Waals surface area contributed by atoms with Gasteiger partial charge in [-0.15, -0.1) is 0 Å². The minimum absolute atomic E-state index is 0. The van der Waals surface area contributed by atoms with E-state index in [2.05, 4.69) is 5.32 Å². The second-order valence-corrected chi connectivity index (χ2v) is 5.15. The monoisotopic (exact) mass is 293 g/mol. The smallest absolute Gasteiger partial charge is 0.273 e. The molecule has 0 aromatic heterocycles. The van der Waals surface area contributed by atoms with E-state index in [0.29, 0.717) is 0 Å². The van der Waals surface area contributed by atoms with Gasteiger partial charge in [0.1, 0.15) is 0 Å². The Balaban J connectivity index is 0. The van der Waals surface area contributed by atoms with Crippen molar-refractivity contribution in [1.29, 1.82) is 5.41 Å². The molecule has 118 valence electrons. The Bertz CT molecular complexity index is 489. The van der Waals surface area contributed by atoms with Crippen molar-refractivity contribution in [1.82, 2.24) is 5.32 Å². The molecule has 1 aromatic rings. The van der Waals surface area contributed by atoms with Crippen LogP contribution in [0, 0.1) is 5.41 Å². The highest BCUT2D eigenvalue weighted by Gasteiger charge is 2.19. The van der Waals surface area contributed by atoms with E-state index in [1.54, 1.807) is 0 Å². The van der Waals surface area contributed by atoms with Crippen LogP contribution in [0.4, 0.5) is 5.69 Å². The van der Waals surface area contributed by atoms with E-state index >= 15 is 0 Å². The molecular weight excluding hydrogens is 266 g/mol. The van der Waals surface area contributed by atoms with Crippen LogP contribution in [-0.4, -0.2) is 23.4 Å². The quantitative estimate of drug-likeness (QED) is 0.454. The third-order valence-electron chi connectivity index (χ3n) is 3.32. The van der Waals surface area contributed by atoms with Crippen molar-refractivity contribution in [2.75, 3.05) is 5.73 Å². The maximum atomic E-state index is 11.3. The Hall–Kier alpha value is -2.17. The second kappa shape index (κ2) is 8.89. The summed E-state index contributed by atoms with van der Waals surface area (Å²) in [7, 11) is 0. The van der Waals surface area contributed by atoms with Gasteiger partial charge < -0.3 is 11.1 Å². The van der Waals surface area contributed by atoms with E-state index in [4.69, 9.17) is 11.1 Å². The van der Waals surface area contributed by atoms with Gasteiger partial charge in [-0.25, -0.2) is 0 Å². The summed E-state index contributed by atoms with van der Waals surface area (Å²) < 4.78 is 0. The lowest BCUT2D eigenvalue weighted by Crippen LogP contribution is -2.41. The minimum atomic E-state index is -0.524. The number of carbonyl (C=O) groups is 2. The molecule has 0 bridgehead atoms. The number of anilines is 1. The number of para-hydroxylation sites is 1. The second-order valence-electron chi connectivity index (χ2n) is 5.15. The number of hydrogen-bond acceptors (Lipinski definition) is 4. The van der Waals surface area contributed by atoms with Crippen LogP contribution in [0.25, 0.3) is 0 Å². The molecule has 0 unspecified atom stereocenters. The first-order chi connectivity index (χ1) is 10.0. The third-order valence-corrected chi connectivity index (χ3v) is 3.32. The summed E-state index contributed by atoms with van der Waals surface area (Å²) in [6.45, 7) is 1.24. The van der Waals surface area contributed by atoms with Gasteiger partial charge in [-0.1, -0.05) is 37.5 Å². The number of nitrogen functional groups attached to an aromatic ring is 1. The average Bonchev–Trinajstić information content (AvgIpc) is 2.48. The molecule has 0 aliphatic heterocycles. The Morgan fingerprint density at radius 2 is 1.76 bits per heavy atom. The molecule has 0 heterocycles. The molecule has 0 spiro atoms. The average molecular weight is 293 g/mol. The van der Waals surface area contributed by atoms with E-state index in [1.165, 1.54) is 13.3 Å². The first kappa shape index (κ1) is 16.9. The van der Waals surface area contributed by atoms with Crippen LogP contribution in [0.3, 0.4) is 0 Å². The van der Waals surface area contributed by atoms with Crippen LogP contribution in [0.2, 0.25) is 0 Å². The number of amides is 1. The van der Waals surface area contributed by atoms with Gasteiger partial charge in [0.2, 0.25) is 0 Å². The van der Waals surface area contributed by atoms with Crippen LogP contribution in [0.1, 0.15) is 41.9 Å². The largest absolute Gasteiger partial charge is 0.399 e. The van der Waals surface area contributed by atoms with Gasteiger partial charge >= 0.3 is 0 Å². The topological polar surface area (TPSA) is 96.0 Å². The summed E-state index contributed by atoms with van der Waals surface area (Å²) in [6.07, 6.45) is 5.40. The number of ketones is 1. The van der Waals surface area contributed by atoms with E-state index < -0.39 is 17.4 Å². The first-order valence-corrected chi connectivity index (χ1v) is 7.21. The molecule has 1 fully saturated rings. The first-order valence-electron chi connectivity index (χ1n) is 7.21. The molecule has 1 aromatic carbocycles. The summed E-state index contributed by atoms with van der Waals surface area (Å²) >= 11 is 0. The maximum absolute atomic E-state index is 11.3. The van der Waals surface area contributed by atoms with E-state index in [9.17, 15) is 9.59 Å². The zero-order chi connectivity index (χ0) is 15.7. The van der Waals surface area contributed by atoms with Crippen molar-refractivity contribution in [3.05, 3.63) is 30.3 Å². The Morgan fingerprint density at radius 1 is 1.19 bits per heavy atom.